The normalized spacial score (nSPS) is 17.4. The molecular formula is C28H24Cl2N6O4. The number of carbonyl (C=O) groups is 2. The van der Waals surface area contributed by atoms with Crippen LogP contribution in [0.1, 0.15) is 48.6 Å². The fourth-order valence-electron chi connectivity index (χ4n) is 5.50. The Kier molecular flexibility index (Phi) is 6.19. The standard InChI is InChI=1S/C28H24Cl2N6O4/c1-5-40-27-31-13-18(24(34-27)39-4)23-33-21-22(35(23)14(2)3)28(19-10-9-16(30)12-20(19)32-26(28)38)36(25(21)37)17-8-6-7-15(29)11-17/h6-14H,5H2,1-4H3,(H,32,38). The van der Waals surface area contributed by atoms with Gasteiger partial charge in [-0.3, -0.25) is 14.5 Å². The molecule has 204 valence electrons. The summed E-state index contributed by atoms with van der Waals surface area (Å²) in [5.41, 5.74) is 0.914. The van der Waals surface area contributed by atoms with Crippen molar-refractivity contribution < 1.29 is 19.1 Å². The van der Waals surface area contributed by atoms with Crippen LogP contribution in [0.25, 0.3) is 11.4 Å². The Bertz CT molecular complexity index is 1700. The first-order valence-electron chi connectivity index (χ1n) is 12.6. The number of ether oxygens (including phenoxy) is 2. The molecule has 6 rings (SSSR count). The van der Waals surface area contributed by atoms with Crippen LogP contribution in [0, 0.1) is 0 Å². The van der Waals surface area contributed by atoms with Crippen LogP contribution in [0.4, 0.5) is 11.4 Å². The van der Waals surface area contributed by atoms with Crippen molar-refractivity contribution in [3.05, 3.63) is 75.7 Å². The first kappa shape index (κ1) is 26.1. The lowest BCUT2D eigenvalue weighted by atomic mass is 9.87. The summed E-state index contributed by atoms with van der Waals surface area (Å²) >= 11 is 12.6. The van der Waals surface area contributed by atoms with E-state index in [2.05, 4.69) is 15.3 Å². The van der Waals surface area contributed by atoms with Gasteiger partial charge >= 0.3 is 6.01 Å². The van der Waals surface area contributed by atoms with Crippen molar-refractivity contribution in [1.82, 2.24) is 19.5 Å². The van der Waals surface area contributed by atoms with Crippen LogP contribution in [-0.2, 0) is 10.3 Å². The summed E-state index contributed by atoms with van der Waals surface area (Å²) in [5.74, 6) is -0.268. The zero-order valence-electron chi connectivity index (χ0n) is 22.0. The molecule has 1 unspecified atom stereocenters. The molecule has 0 radical (unpaired) electrons. The van der Waals surface area contributed by atoms with Crippen molar-refractivity contribution in [3.63, 3.8) is 0 Å². The fourth-order valence-corrected chi connectivity index (χ4v) is 5.85. The molecule has 4 heterocycles. The second-order valence-corrected chi connectivity index (χ2v) is 10.5. The Morgan fingerprint density at radius 2 is 1.85 bits per heavy atom. The van der Waals surface area contributed by atoms with Crippen molar-refractivity contribution in [3.8, 4) is 23.3 Å². The number of aromatic nitrogens is 4. The molecule has 2 aliphatic rings. The van der Waals surface area contributed by atoms with E-state index < -0.39 is 17.4 Å². The van der Waals surface area contributed by atoms with Gasteiger partial charge in [-0.1, -0.05) is 35.3 Å². The van der Waals surface area contributed by atoms with E-state index in [9.17, 15) is 9.59 Å². The third kappa shape index (κ3) is 3.59. The molecule has 1 N–H and O–H groups in total. The molecule has 2 aliphatic heterocycles. The van der Waals surface area contributed by atoms with Crippen LogP contribution in [0.3, 0.4) is 0 Å². The van der Waals surface area contributed by atoms with Gasteiger partial charge in [0.05, 0.1) is 25.0 Å². The number of nitrogens with one attached hydrogen (secondary N) is 1. The average Bonchev–Trinajstić information content (AvgIpc) is 3.52. The highest BCUT2D eigenvalue weighted by molar-refractivity contribution is 6.32. The summed E-state index contributed by atoms with van der Waals surface area (Å²) in [6.45, 7) is 6.10. The molecular weight excluding hydrogens is 555 g/mol. The summed E-state index contributed by atoms with van der Waals surface area (Å²) in [6, 6.07) is 11.9. The van der Waals surface area contributed by atoms with E-state index in [4.69, 9.17) is 37.7 Å². The lowest BCUT2D eigenvalue weighted by Gasteiger charge is -2.35. The number of benzene rings is 2. The number of methoxy groups -OCH3 is 1. The Balaban J connectivity index is 1.69. The van der Waals surface area contributed by atoms with Gasteiger partial charge in [-0.25, -0.2) is 9.97 Å². The minimum Gasteiger partial charge on any atom is -0.480 e. The molecule has 12 heteroatoms. The van der Waals surface area contributed by atoms with Gasteiger partial charge in [-0.2, -0.15) is 4.98 Å². The number of fused-ring (bicyclic) bond motifs is 4. The number of amides is 2. The summed E-state index contributed by atoms with van der Waals surface area (Å²) in [4.78, 5) is 43.5. The number of nitrogens with zero attached hydrogens (tertiary/aromatic N) is 5. The molecule has 2 aromatic heterocycles. The van der Waals surface area contributed by atoms with Gasteiger partial charge in [0.1, 0.15) is 5.82 Å². The second-order valence-electron chi connectivity index (χ2n) is 9.58. The SMILES string of the molecule is CCOc1ncc(-c2nc3c(n2C(C)C)C2(C(=O)Nc4cc(Cl)ccc42)N(c2cccc(Cl)c2)C3=O)c(OC)n1. The number of rotatable bonds is 6. The first-order chi connectivity index (χ1) is 19.2. The highest BCUT2D eigenvalue weighted by Crippen LogP contribution is 2.54. The summed E-state index contributed by atoms with van der Waals surface area (Å²) < 4.78 is 12.9. The smallest absolute Gasteiger partial charge is 0.319 e. The maximum Gasteiger partial charge on any atom is 0.319 e. The molecule has 1 atom stereocenters. The molecule has 2 amide bonds. The molecule has 40 heavy (non-hydrogen) atoms. The Hall–Kier alpha value is -4.15. The van der Waals surface area contributed by atoms with Gasteiger partial charge in [0.25, 0.3) is 11.8 Å². The highest BCUT2D eigenvalue weighted by Gasteiger charge is 2.64. The van der Waals surface area contributed by atoms with Crippen LogP contribution >= 0.6 is 23.2 Å². The van der Waals surface area contributed by atoms with Gasteiger partial charge in [0, 0.05) is 39.2 Å². The molecule has 0 aliphatic carbocycles. The Labute approximate surface area is 239 Å². The largest absolute Gasteiger partial charge is 0.480 e. The highest BCUT2D eigenvalue weighted by atomic mass is 35.5. The number of anilines is 2. The number of hydrogen-bond donors (Lipinski definition) is 1. The van der Waals surface area contributed by atoms with Crippen molar-refractivity contribution in [2.24, 2.45) is 0 Å². The molecule has 0 bridgehead atoms. The van der Waals surface area contributed by atoms with Crippen LogP contribution < -0.4 is 19.7 Å². The quantitative estimate of drug-likeness (QED) is 0.322. The van der Waals surface area contributed by atoms with Gasteiger partial charge < -0.3 is 19.4 Å². The van der Waals surface area contributed by atoms with Gasteiger partial charge in [-0.05, 0) is 51.1 Å². The van der Waals surface area contributed by atoms with Crippen molar-refractivity contribution in [2.45, 2.75) is 32.4 Å². The molecule has 10 nitrogen and oxygen atoms in total. The maximum atomic E-state index is 14.3. The van der Waals surface area contributed by atoms with Gasteiger partial charge in [0.15, 0.2) is 11.2 Å². The van der Waals surface area contributed by atoms with Gasteiger partial charge in [-0.15, -0.1) is 0 Å². The van der Waals surface area contributed by atoms with E-state index in [0.29, 0.717) is 50.7 Å². The zero-order chi connectivity index (χ0) is 28.3. The van der Waals surface area contributed by atoms with Crippen LogP contribution in [-0.4, -0.2) is 45.1 Å². The van der Waals surface area contributed by atoms with E-state index >= 15 is 0 Å². The summed E-state index contributed by atoms with van der Waals surface area (Å²) in [7, 11) is 1.48. The van der Waals surface area contributed by atoms with E-state index in [-0.39, 0.29) is 23.6 Å². The molecule has 0 fully saturated rings. The van der Waals surface area contributed by atoms with Crippen molar-refractivity contribution >= 4 is 46.4 Å². The first-order valence-corrected chi connectivity index (χ1v) is 13.4. The lowest BCUT2D eigenvalue weighted by Crippen LogP contribution is -2.51. The average molecular weight is 579 g/mol. The van der Waals surface area contributed by atoms with Crippen LogP contribution in [0.2, 0.25) is 10.0 Å². The van der Waals surface area contributed by atoms with E-state index in [1.54, 1.807) is 48.7 Å². The van der Waals surface area contributed by atoms with Gasteiger partial charge in [0.2, 0.25) is 5.88 Å². The third-order valence-corrected chi connectivity index (χ3v) is 7.44. The van der Waals surface area contributed by atoms with Crippen LogP contribution in [0.15, 0.2) is 48.7 Å². The van der Waals surface area contributed by atoms with Crippen LogP contribution in [0.5, 0.6) is 11.9 Å². The molecule has 1 spiro atoms. The maximum absolute atomic E-state index is 14.3. The molecule has 4 aromatic rings. The Morgan fingerprint density at radius 1 is 1.07 bits per heavy atom. The fraction of sp³-hybridized carbons (Fsp3) is 0.250. The second kappa shape index (κ2) is 9.50. The van der Waals surface area contributed by atoms with E-state index in [0.717, 1.165) is 0 Å². The summed E-state index contributed by atoms with van der Waals surface area (Å²) in [5, 5.41) is 3.82. The number of hydrogen-bond acceptors (Lipinski definition) is 7. The lowest BCUT2D eigenvalue weighted by molar-refractivity contribution is -0.119. The number of imidazole rings is 1. The monoisotopic (exact) mass is 578 g/mol. The third-order valence-electron chi connectivity index (χ3n) is 6.97. The van der Waals surface area contributed by atoms with E-state index in [1.807, 2.05) is 25.3 Å². The predicted octanol–water partition coefficient (Wildman–Crippen LogP) is 5.49. The molecule has 0 saturated carbocycles. The number of halogens is 2. The topological polar surface area (TPSA) is 111 Å². The van der Waals surface area contributed by atoms with Crippen molar-refractivity contribution in [1.29, 1.82) is 0 Å². The molecule has 2 aromatic carbocycles. The predicted molar refractivity (Wildman–Crippen MR) is 150 cm³/mol. The number of carbonyl (C=O) groups excluding carboxylic acids is 2. The minimum absolute atomic E-state index is 0.123. The van der Waals surface area contributed by atoms with Crippen molar-refractivity contribution in [2.75, 3.05) is 23.9 Å². The molecule has 0 saturated heterocycles. The Morgan fingerprint density at radius 3 is 2.55 bits per heavy atom. The summed E-state index contributed by atoms with van der Waals surface area (Å²) in [6.07, 6.45) is 1.54. The van der Waals surface area contributed by atoms with E-state index in [1.165, 1.54) is 12.0 Å². The minimum atomic E-state index is -1.59. The zero-order valence-corrected chi connectivity index (χ0v) is 23.5.